The van der Waals surface area contributed by atoms with Crippen molar-refractivity contribution < 1.29 is 66.9 Å². The van der Waals surface area contributed by atoms with E-state index in [9.17, 15) is 24.8 Å². The van der Waals surface area contributed by atoms with Crippen LogP contribution in [0.15, 0.2) is 18.2 Å². The minimum Gasteiger partial charge on any atom is -0.504 e. The number of nitriles is 1. The molecule has 0 aliphatic carbocycles. The van der Waals surface area contributed by atoms with Crippen LogP contribution < -0.4 is 39.1 Å². The third kappa shape index (κ3) is 8.47. The first-order valence-corrected chi connectivity index (χ1v) is 24.7. The van der Waals surface area contributed by atoms with Gasteiger partial charge in [-0.05, 0) is 117 Å². The second-order valence-electron chi connectivity index (χ2n) is 20.8. The van der Waals surface area contributed by atoms with Crippen molar-refractivity contribution in [3.05, 3.63) is 62.7 Å². The van der Waals surface area contributed by atoms with Gasteiger partial charge in [-0.2, -0.15) is 5.26 Å². The molecule has 1 amide bonds. The van der Waals surface area contributed by atoms with E-state index in [2.05, 4.69) is 26.5 Å². The summed E-state index contributed by atoms with van der Waals surface area (Å²) in [6, 6.07) is 3.44. The van der Waals surface area contributed by atoms with Crippen LogP contribution >= 0.6 is 11.8 Å². The zero-order valence-corrected chi connectivity index (χ0v) is 42.8. The zero-order chi connectivity index (χ0) is 51.2. The monoisotopic (exact) mass is 999 g/mol. The molecule has 1 unspecified atom stereocenters. The molecule has 20 heteroatoms. The Hall–Kier alpha value is -6.14. The summed E-state index contributed by atoms with van der Waals surface area (Å²) >= 11 is 1.39. The topological polar surface area (TPSA) is 226 Å². The third-order valence-electron chi connectivity index (χ3n) is 14.0. The number of hydrogen-bond acceptors (Lipinski definition) is 19. The standard InChI is InChI=1S/C51H61N5O14S/c1-23-15-27-16-29-30(19-52)56-31-20-64-46(59)51(28-18-32(62-11)33(17-26(28)13-14-53-51)67-48(61)70-50(7,8)9)21-71-44(38(56)37(55(29)10)34(27)39(57)40(23)63-12)36-35(31)43-42(65-22-66-43)24(2)41(36)68-45(58)25(3)54-47(60)69-49(4,5)6/h15,17-18,25,29-31,37-38,44,53,57H,13-14,16,20-22H2,1-12H3,(H,54,60)/t25-,29-,30-,31-,37-,38?,44+,51+/m0/s1. The number of hydrogen-bond donors (Lipinski definition) is 3. The number of thioether (sulfide) groups is 1. The summed E-state index contributed by atoms with van der Waals surface area (Å²) in [6.45, 7) is 15.3. The average molecular weight is 1000 g/mol. The fourth-order valence-corrected chi connectivity index (χ4v) is 12.9. The first-order chi connectivity index (χ1) is 33.5. The number of ether oxygens (including phenoxy) is 9. The Morgan fingerprint density at radius 2 is 1.66 bits per heavy atom. The molecule has 4 bridgehead atoms. The molecule has 380 valence electrons. The number of phenols is 1. The summed E-state index contributed by atoms with van der Waals surface area (Å²) in [5.41, 5.74) is 1.78. The van der Waals surface area contributed by atoms with Crippen molar-refractivity contribution in [2.45, 2.75) is 133 Å². The zero-order valence-electron chi connectivity index (χ0n) is 42.0. The second kappa shape index (κ2) is 18.2. The maximum Gasteiger partial charge on any atom is 0.514 e. The highest BCUT2D eigenvalue weighted by molar-refractivity contribution is 7.99. The van der Waals surface area contributed by atoms with Crippen LogP contribution in [0.5, 0.6) is 40.2 Å². The van der Waals surface area contributed by atoms with Crippen LogP contribution in [-0.4, -0.2) is 121 Å². The number of phenolic OH excluding ortho intramolecular Hbond substituents is 1. The van der Waals surface area contributed by atoms with E-state index in [1.165, 1.54) is 32.9 Å². The molecular formula is C51H61N5O14S. The van der Waals surface area contributed by atoms with Crippen molar-refractivity contribution in [3.63, 3.8) is 0 Å². The smallest absolute Gasteiger partial charge is 0.504 e. The molecule has 2 saturated heterocycles. The van der Waals surface area contributed by atoms with Gasteiger partial charge in [0.15, 0.2) is 40.0 Å². The van der Waals surface area contributed by atoms with E-state index < -0.39 is 76.4 Å². The van der Waals surface area contributed by atoms with Gasteiger partial charge >= 0.3 is 24.2 Å². The number of aromatic hydroxyl groups is 1. The number of benzene rings is 3. The molecule has 1 spiro atoms. The number of nitrogens with zero attached hydrogens (tertiary/aromatic N) is 3. The van der Waals surface area contributed by atoms with Crippen LogP contribution in [0.1, 0.15) is 110 Å². The van der Waals surface area contributed by atoms with Crippen LogP contribution in [0.3, 0.4) is 0 Å². The second-order valence-corrected chi connectivity index (χ2v) is 22.0. The van der Waals surface area contributed by atoms with Gasteiger partial charge in [0.1, 0.15) is 35.6 Å². The Labute approximate surface area is 416 Å². The minimum atomic E-state index is -1.53. The van der Waals surface area contributed by atoms with Gasteiger partial charge in [0.2, 0.25) is 6.79 Å². The summed E-state index contributed by atoms with van der Waals surface area (Å²) in [5, 5.41) is 29.0. The predicted octanol–water partition coefficient (Wildman–Crippen LogP) is 6.49. The van der Waals surface area contributed by atoms with Crippen LogP contribution in [0.2, 0.25) is 0 Å². The Balaban J connectivity index is 1.25. The summed E-state index contributed by atoms with van der Waals surface area (Å²) < 4.78 is 53.8. The van der Waals surface area contributed by atoms with Crippen LogP contribution in [-0.2, 0) is 42.2 Å². The number of piperazine rings is 1. The fourth-order valence-electron chi connectivity index (χ4n) is 11.2. The molecule has 3 N–H and O–H groups in total. The van der Waals surface area contributed by atoms with Gasteiger partial charge < -0.3 is 53.1 Å². The fraction of sp³-hybridized carbons (Fsp3) is 0.549. The molecule has 7 heterocycles. The number of rotatable bonds is 6. The van der Waals surface area contributed by atoms with E-state index >= 15 is 4.79 Å². The van der Waals surface area contributed by atoms with Crippen molar-refractivity contribution in [1.82, 2.24) is 20.4 Å². The molecule has 7 aliphatic heterocycles. The molecule has 8 atom stereocenters. The molecule has 0 radical (unpaired) electrons. The highest BCUT2D eigenvalue weighted by Gasteiger charge is 2.62. The molecule has 19 nitrogen and oxygen atoms in total. The number of carbonyl (C=O) groups is 4. The van der Waals surface area contributed by atoms with Crippen molar-refractivity contribution in [2.24, 2.45) is 0 Å². The molecule has 7 aliphatic rings. The SMILES string of the molecule is COc1cc2c(cc1OC(=O)OC(C)(C)C)CCN[C@]21CS[C@@H]2c3c(OC(=O)[C@H](C)NC(=O)OC(C)(C)C)c(C)c4c(c3[C@H](COC1=O)N1C2[C@@H]2c3c(cc(C)c(OC)c3O)C[C@@H]([C@@H]1C#N)N2C)OCO4. The maximum absolute atomic E-state index is 15.2. The van der Waals surface area contributed by atoms with Gasteiger partial charge in [0.05, 0.1) is 37.6 Å². The normalized spacial score (nSPS) is 25.8. The lowest BCUT2D eigenvalue weighted by Crippen LogP contribution is -2.69. The number of fused-ring (bicyclic) bond motifs is 9. The van der Waals surface area contributed by atoms with Crippen LogP contribution in [0, 0.1) is 25.2 Å². The summed E-state index contributed by atoms with van der Waals surface area (Å²) in [4.78, 5) is 59.8. The Bertz CT molecular complexity index is 2760. The third-order valence-corrected chi connectivity index (χ3v) is 15.5. The van der Waals surface area contributed by atoms with E-state index in [4.69, 9.17) is 42.6 Å². The van der Waals surface area contributed by atoms with E-state index in [1.54, 1.807) is 60.6 Å². The van der Waals surface area contributed by atoms with Crippen molar-refractivity contribution >= 4 is 35.9 Å². The lowest BCUT2D eigenvalue weighted by atomic mass is 9.71. The Morgan fingerprint density at radius 3 is 2.34 bits per heavy atom. The van der Waals surface area contributed by atoms with E-state index in [0.29, 0.717) is 70.0 Å². The number of carbonyl (C=O) groups excluding carboxylic acids is 4. The summed E-state index contributed by atoms with van der Waals surface area (Å²) in [7, 11) is 4.89. The largest absolute Gasteiger partial charge is 0.514 e. The number of methoxy groups -OCH3 is 2. The number of amides is 1. The number of alkyl carbamates (subject to hydrolysis) is 1. The molecule has 3 aromatic rings. The van der Waals surface area contributed by atoms with E-state index in [-0.39, 0.29) is 48.2 Å². The minimum absolute atomic E-state index is 0.0119. The lowest BCUT2D eigenvalue weighted by molar-refractivity contribution is -0.157. The first kappa shape index (κ1) is 49.8. The van der Waals surface area contributed by atoms with Crippen LogP contribution in [0.25, 0.3) is 0 Å². The quantitative estimate of drug-likeness (QED) is 0.104. The van der Waals surface area contributed by atoms with Crippen molar-refractivity contribution in [2.75, 3.05) is 47.0 Å². The molecule has 0 aromatic heterocycles. The Kier molecular flexibility index (Phi) is 12.7. The van der Waals surface area contributed by atoms with E-state index in [0.717, 1.165) is 11.1 Å². The molecular weight excluding hydrogens is 939 g/mol. The summed E-state index contributed by atoms with van der Waals surface area (Å²) in [5.74, 6) is 0.0300. The summed E-state index contributed by atoms with van der Waals surface area (Å²) in [6.07, 6.45) is -0.868. The van der Waals surface area contributed by atoms with Gasteiger partial charge in [0.25, 0.3) is 0 Å². The number of esters is 2. The predicted molar refractivity (Wildman–Crippen MR) is 256 cm³/mol. The van der Waals surface area contributed by atoms with Crippen molar-refractivity contribution in [3.8, 4) is 46.3 Å². The molecule has 0 saturated carbocycles. The number of aryl methyl sites for hydroxylation is 1. The van der Waals surface area contributed by atoms with E-state index in [1.807, 2.05) is 20.0 Å². The highest BCUT2D eigenvalue weighted by atomic mass is 32.2. The molecule has 3 aromatic carbocycles. The first-order valence-electron chi connectivity index (χ1n) is 23.6. The number of likely N-dealkylation sites (N-methyl/N-ethyl adjacent to an activating group) is 1. The number of nitrogens with one attached hydrogen (secondary N) is 2. The molecule has 71 heavy (non-hydrogen) atoms. The molecule has 10 rings (SSSR count). The van der Waals surface area contributed by atoms with Crippen molar-refractivity contribution in [1.29, 1.82) is 5.26 Å². The van der Waals surface area contributed by atoms with Gasteiger partial charge in [0, 0.05) is 46.6 Å². The van der Waals surface area contributed by atoms with Gasteiger partial charge in [-0.25, -0.2) is 19.2 Å². The average Bonchev–Trinajstić information content (AvgIpc) is 3.78. The lowest BCUT2D eigenvalue weighted by Gasteiger charge is -2.62. The van der Waals surface area contributed by atoms with Crippen LogP contribution in [0.4, 0.5) is 9.59 Å². The van der Waals surface area contributed by atoms with Gasteiger partial charge in [-0.15, -0.1) is 11.8 Å². The maximum atomic E-state index is 15.2. The Morgan fingerprint density at radius 1 is 0.944 bits per heavy atom. The van der Waals surface area contributed by atoms with Gasteiger partial charge in [-0.3, -0.25) is 15.1 Å². The molecule has 2 fully saturated rings. The van der Waals surface area contributed by atoms with Gasteiger partial charge in [-0.1, -0.05) is 6.07 Å². The highest BCUT2D eigenvalue weighted by Crippen LogP contribution is 2.65.